The van der Waals surface area contributed by atoms with Crippen molar-refractivity contribution < 1.29 is 29.3 Å². The van der Waals surface area contributed by atoms with Gasteiger partial charge in [0.05, 0.1) is 12.0 Å². The maximum Gasteiger partial charge on any atom is 0.407 e. The molecule has 4 N–H and O–H groups in total. The van der Waals surface area contributed by atoms with Gasteiger partial charge >= 0.3 is 12.1 Å². The Hall–Kier alpha value is -3.39. The van der Waals surface area contributed by atoms with Gasteiger partial charge in [-0.25, -0.2) is 9.59 Å². The van der Waals surface area contributed by atoms with Crippen LogP contribution in [0.5, 0.6) is 0 Å². The van der Waals surface area contributed by atoms with Gasteiger partial charge in [0, 0.05) is 12.0 Å². The number of benzene rings is 2. The number of carboxylic acids is 1. The van der Waals surface area contributed by atoms with Crippen molar-refractivity contribution in [1.82, 2.24) is 10.6 Å². The van der Waals surface area contributed by atoms with Crippen molar-refractivity contribution in [3.8, 4) is 11.1 Å². The Labute approximate surface area is 197 Å². The van der Waals surface area contributed by atoms with E-state index in [-0.39, 0.29) is 36.9 Å². The fourth-order valence-corrected chi connectivity index (χ4v) is 5.60. The summed E-state index contributed by atoms with van der Waals surface area (Å²) in [6.07, 6.45) is 1.35. The van der Waals surface area contributed by atoms with Crippen molar-refractivity contribution in [2.45, 2.75) is 43.7 Å². The number of rotatable bonds is 7. The molecule has 2 aromatic carbocycles. The SMILES string of the molecule is CC(O)(CNC(=O)[C@]12C[C@H](NC(=O)OCC3c4ccccc4-c4ccccc43)C[C@H]1C2)C(=O)O. The number of aliphatic carboxylic acids is 1. The quantitative estimate of drug-likeness (QED) is 0.499. The molecule has 4 atom stereocenters. The molecule has 8 heteroatoms. The van der Waals surface area contributed by atoms with Crippen molar-refractivity contribution >= 4 is 18.0 Å². The number of alkyl carbamates (subject to hydrolysis) is 1. The molecule has 178 valence electrons. The van der Waals surface area contributed by atoms with E-state index in [0.717, 1.165) is 29.2 Å². The van der Waals surface area contributed by atoms with Crippen molar-refractivity contribution in [2.24, 2.45) is 11.3 Å². The first-order chi connectivity index (χ1) is 16.2. The lowest BCUT2D eigenvalue weighted by Crippen LogP contribution is -2.48. The van der Waals surface area contributed by atoms with Gasteiger partial charge in [0.2, 0.25) is 5.91 Å². The summed E-state index contributed by atoms with van der Waals surface area (Å²) in [5.41, 5.74) is 2.00. The summed E-state index contributed by atoms with van der Waals surface area (Å²) in [4.78, 5) is 36.3. The number of fused-ring (bicyclic) bond motifs is 4. The summed E-state index contributed by atoms with van der Waals surface area (Å²) in [6.45, 7) is 1.01. The fourth-order valence-electron chi connectivity index (χ4n) is 5.60. The van der Waals surface area contributed by atoms with Crippen LogP contribution in [0.15, 0.2) is 48.5 Å². The van der Waals surface area contributed by atoms with E-state index in [2.05, 4.69) is 34.9 Å². The first-order valence-corrected chi connectivity index (χ1v) is 11.6. The number of aliphatic hydroxyl groups is 1. The highest BCUT2D eigenvalue weighted by atomic mass is 16.5. The first-order valence-electron chi connectivity index (χ1n) is 11.6. The Morgan fingerprint density at radius 3 is 2.29 bits per heavy atom. The Bertz CT molecular complexity index is 1120. The summed E-state index contributed by atoms with van der Waals surface area (Å²) >= 11 is 0. The molecular formula is C26H28N2O6. The van der Waals surface area contributed by atoms with E-state index in [9.17, 15) is 19.5 Å². The van der Waals surface area contributed by atoms with Gasteiger partial charge in [0.25, 0.3) is 0 Å². The summed E-state index contributed by atoms with van der Waals surface area (Å²) < 4.78 is 5.61. The molecule has 34 heavy (non-hydrogen) atoms. The third-order valence-electron chi connectivity index (χ3n) is 7.58. The molecule has 3 aliphatic rings. The van der Waals surface area contributed by atoms with E-state index in [1.54, 1.807) is 0 Å². The highest BCUT2D eigenvalue weighted by Crippen LogP contribution is 2.63. The topological polar surface area (TPSA) is 125 Å². The average molecular weight is 465 g/mol. The van der Waals surface area contributed by atoms with E-state index < -0.39 is 23.1 Å². The van der Waals surface area contributed by atoms with Gasteiger partial charge in [-0.15, -0.1) is 0 Å². The number of ether oxygens (including phenoxy) is 1. The number of carbonyl (C=O) groups excluding carboxylic acids is 2. The third-order valence-corrected chi connectivity index (χ3v) is 7.58. The summed E-state index contributed by atoms with van der Waals surface area (Å²) in [5.74, 6) is -1.54. The van der Waals surface area contributed by atoms with E-state index in [0.29, 0.717) is 19.3 Å². The van der Waals surface area contributed by atoms with Crippen LogP contribution in [0, 0.1) is 11.3 Å². The molecule has 0 heterocycles. The predicted octanol–water partition coefficient (Wildman–Crippen LogP) is 2.65. The number of hydrogen-bond donors (Lipinski definition) is 4. The van der Waals surface area contributed by atoms with Crippen LogP contribution in [-0.2, 0) is 14.3 Å². The van der Waals surface area contributed by atoms with Crippen LogP contribution in [0.3, 0.4) is 0 Å². The summed E-state index contributed by atoms with van der Waals surface area (Å²) in [7, 11) is 0. The summed E-state index contributed by atoms with van der Waals surface area (Å²) in [5, 5.41) is 24.3. The minimum atomic E-state index is -2.02. The van der Waals surface area contributed by atoms with Crippen LogP contribution in [0.2, 0.25) is 0 Å². The first kappa shape index (κ1) is 22.4. The lowest BCUT2D eigenvalue weighted by molar-refractivity contribution is -0.156. The van der Waals surface area contributed by atoms with Crippen molar-refractivity contribution in [2.75, 3.05) is 13.2 Å². The molecule has 3 aliphatic carbocycles. The molecule has 1 unspecified atom stereocenters. The minimum absolute atomic E-state index is 0.0192. The lowest BCUT2D eigenvalue weighted by atomic mass is 9.98. The molecular weight excluding hydrogens is 436 g/mol. The Morgan fingerprint density at radius 1 is 1.06 bits per heavy atom. The molecule has 8 nitrogen and oxygen atoms in total. The molecule has 2 saturated carbocycles. The standard InChI is InChI=1S/C26H28N2O6/c1-25(33,23(30)31)14-27-22(29)26-11-15(26)10-16(12-26)28-24(32)34-13-21-19-8-4-2-6-17(19)18-7-3-5-9-20(18)21/h2-9,15-16,21,33H,10-14H2,1H3,(H,27,29)(H,28,32)(H,30,31)/t15-,16+,25?,26+/m0/s1. The van der Waals surface area contributed by atoms with Gasteiger partial charge in [0.1, 0.15) is 6.61 Å². The fraction of sp³-hybridized carbons (Fsp3) is 0.423. The van der Waals surface area contributed by atoms with E-state index in [1.165, 1.54) is 0 Å². The van der Waals surface area contributed by atoms with Crippen molar-refractivity contribution in [1.29, 1.82) is 0 Å². The molecule has 2 fully saturated rings. The Balaban J connectivity index is 1.15. The van der Waals surface area contributed by atoms with Crippen LogP contribution in [0.4, 0.5) is 4.79 Å². The van der Waals surface area contributed by atoms with Gasteiger partial charge in [-0.2, -0.15) is 0 Å². The maximum atomic E-state index is 12.7. The Kier molecular flexibility index (Phi) is 5.36. The number of hydrogen-bond acceptors (Lipinski definition) is 5. The van der Waals surface area contributed by atoms with Crippen LogP contribution in [0.25, 0.3) is 11.1 Å². The number of carbonyl (C=O) groups is 3. The average Bonchev–Trinajstić information content (AvgIpc) is 3.24. The second-order valence-corrected chi connectivity index (χ2v) is 9.93. The molecule has 0 saturated heterocycles. The van der Waals surface area contributed by atoms with E-state index >= 15 is 0 Å². The molecule has 2 aromatic rings. The Morgan fingerprint density at radius 2 is 1.68 bits per heavy atom. The maximum absolute atomic E-state index is 12.7. The van der Waals surface area contributed by atoms with Gasteiger partial charge in [0.15, 0.2) is 5.60 Å². The zero-order valence-electron chi connectivity index (χ0n) is 18.9. The number of carboxylic acid groups (broad SMARTS) is 1. The van der Waals surface area contributed by atoms with E-state index in [4.69, 9.17) is 9.84 Å². The van der Waals surface area contributed by atoms with Gasteiger partial charge < -0.3 is 25.6 Å². The largest absolute Gasteiger partial charge is 0.479 e. The summed E-state index contributed by atoms with van der Waals surface area (Å²) in [6, 6.07) is 16.1. The molecule has 5 rings (SSSR count). The van der Waals surface area contributed by atoms with Crippen molar-refractivity contribution in [3.05, 3.63) is 59.7 Å². The van der Waals surface area contributed by atoms with Crippen molar-refractivity contribution in [3.63, 3.8) is 0 Å². The second-order valence-electron chi connectivity index (χ2n) is 9.93. The smallest absolute Gasteiger partial charge is 0.407 e. The lowest BCUT2D eigenvalue weighted by Gasteiger charge is -2.22. The zero-order chi connectivity index (χ0) is 24.1. The van der Waals surface area contributed by atoms with E-state index in [1.807, 2.05) is 24.3 Å². The highest BCUT2D eigenvalue weighted by Gasteiger charge is 2.65. The molecule has 0 aliphatic heterocycles. The second kappa shape index (κ2) is 8.13. The van der Waals surface area contributed by atoms with Crippen LogP contribution in [0.1, 0.15) is 43.2 Å². The molecule has 0 spiro atoms. The minimum Gasteiger partial charge on any atom is -0.479 e. The number of nitrogens with one attached hydrogen (secondary N) is 2. The molecule has 0 radical (unpaired) electrons. The molecule has 2 amide bonds. The third kappa shape index (κ3) is 3.81. The molecule has 0 bridgehead atoms. The highest BCUT2D eigenvalue weighted by molar-refractivity contribution is 5.88. The van der Waals surface area contributed by atoms with Crippen LogP contribution in [-0.4, -0.2) is 53.0 Å². The molecule has 0 aromatic heterocycles. The van der Waals surface area contributed by atoms with Crippen LogP contribution >= 0.6 is 0 Å². The monoisotopic (exact) mass is 464 g/mol. The predicted molar refractivity (Wildman–Crippen MR) is 123 cm³/mol. The zero-order valence-corrected chi connectivity index (χ0v) is 18.9. The van der Waals surface area contributed by atoms with Gasteiger partial charge in [-0.05, 0) is 54.4 Å². The van der Waals surface area contributed by atoms with Gasteiger partial charge in [-0.3, -0.25) is 4.79 Å². The van der Waals surface area contributed by atoms with Crippen LogP contribution < -0.4 is 10.6 Å². The number of amides is 2. The van der Waals surface area contributed by atoms with Gasteiger partial charge in [-0.1, -0.05) is 48.5 Å². The normalized spacial score (nSPS) is 25.9.